The highest BCUT2D eigenvalue weighted by atomic mass is 28.3. The van der Waals surface area contributed by atoms with Gasteiger partial charge in [-0.3, -0.25) is 0 Å². The van der Waals surface area contributed by atoms with Crippen molar-refractivity contribution in [3.8, 4) is 12.0 Å². The van der Waals surface area contributed by atoms with E-state index in [1.807, 2.05) is 6.08 Å². The van der Waals surface area contributed by atoms with Gasteiger partial charge in [0.05, 0.1) is 0 Å². The summed E-state index contributed by atoms with van der Waals surface area (Å²) >= 11 is 0. The average molecular weight is 371 g/mol. The maximum absolute atomic E-state index is 6.15. The zero-order chi connectivity index (χ0) is 19.2. The molecule has 1 heteroatoms. The summed E-state index contributed by atoms with van der Waals surface area (Å²) < 4.78 is 0. The highest BCUT2D eigenvalue weighted by Gasteiger charge is 2.34. The van der Waals surface area contributed by atoms with Gasteiger partial charge in [0.2, 0.25) is 0 Å². The van der Waals surface area contributed by atoms with E-state index in [1.54, 1.807) is 0 Å². The van der Waals surface area contributed by atoms with E-state index < -0.39 is 8.07 Å². The first-order chi connectivity index (χ1) is 13.3. The van der Waals surface area contributed by atoms with Crippen LogP contribution in [-0.2, 0) is 0 Å². The standard InChI is InChI=1S/C26H30Si/c1-3-5-6-7-8-9-10-11-12-19-24-27(4-2,25-20-15-13-16-21-25)26-22-17-14-18-23-26/h2,8-10,12-18,20-23H,3,5-7,19,24H2,1H3/b9-8+. The number of benzene rings is 2. The van der Waals surface area contributed by atoms with Gasteiger partial charge in [0, 0.05) is 0 Å². The quantitative estimate of drug-likeness (QED) is 0.166. The molecule has 2 aromatic rings. The van der Waals surface area contributed by atoms with Gasteiger partial charge in [-0.05, 0) is 47.8 Å². The van der Waals surface area contributed by atoms with Crippen LogP contribution in [0, 0.1) is 12.0 Å². The van der Waals surface area contributed by atoms with Crippen molar-refractivity contribution in [2.24, 2.45) is 0 Å². The minimum Gasteiger partial charge on any atom is -0.126 e. The van der Waals surface area contributed by atoms with Gasteiger partial charge in [0.25, 0.3) is 0 Å². The fourth-order valence-electron chi connectivity index (χ4n) is 3.31. The van der Waals surface area contributed by atoms with E-state index in [0.717, 1.165) is 18.9 Å². The maximum atomic E-state index is 6.15. The van der Waals surface area contributed by atoms with Crippen molar-refractivity contribution in [3.05, 3.63) is 90.7 Å². The first-order valence-corrected chi connectivity index (χ1v) is 12.2. The van der Waals surface area contributed by atoms with Crippen LogP contribution in [0.1, 0.15) is 39.0 Å². The van der Waals surface area contributed by atoms with Crippen LogP contribution < -0.4 is 10.4 Å². The molecule has 0 aliphatic heterocycles. The third-order valence-corrected chi connectivity index (χ3v) is 9.03. The molecule has 0 bridgehead atoms. The Kier molecular flexibility index (Phi) is 9.22. The van der Waals surface area contributed by atoms with Gasteiger partial charge in [-0.2, -0.15) is 0 Å². The summed E-state index contributed by atoms with van der Waals surface area (Å²) in [6.07, 6.45) is 20.6. The molecule has 0 saturated carbocycles. The van der Waals surface area contributed by atoms with Crippen LogP contribution in [0.25, 0.3) is 0 Å². The molecule has 0 aromatic heterocycles. The van der Waals surface area contributed by atoms with Crippen molar-refractivity contribution in [3.63, 3.8) is 0 Å². The zero-order valence-corrected chi connectivity index (χ0v) is 17.4. The van der Waals surface area contributed by atoms with Gasteiger partial charge in [-0.15, -0.1) is 17.7 Å². The molecule has 0 N–H and O–H groups in total. The SMILES string of the molecule is C#C[Si](CCC=C=C/C=C/CCCCC)(c1ccccc1)c1ccccc1. The minimum absolute atomic E-state index is 0.945. The maximum Gasteiger partial charge on any atom is 0.199 e. The van der Waals surface area contributed by atoms with Crippen molar-refractivity contribution in [1.82, 2.24) is 0 Å². The third kappa shape index (κ3) is 6.29. The number of unbranched alkanes of at least 4 members (excludes halogenated alkanes) is 3. The van der Waals surface area contributed by atoms with Crippen molar-refractivity contribution in [2.45, 2.75) is 45.1 Å². The lowest BCUT2D eigenvalue weighted by molar-refractivity contribution is 0.729. The Morgan fingerprint density at radius 2 is 1.52 bits per heavy atom. The topological polar surface area (TPSA) is 0 Å². The summed E-state index contributed by atoms with van der Waals surface area (Å²) in [7, 11) is -2.19. The third-order valence-electron chi connectivity index (χ3n) is 4.86. The minimum atomic E-state index is -2.19. The van der Waals surface area contributed by atoms with Gasteiger partial charge in [-0.1, -0.05) is 92.6 Å². The average Bonchev–Trinajstić information content (AvgIpc) is 2.74. The van der Waals surface area contributed by atoms with E-state index >= 15 is 0 Å². The van der Waals surface area contributed by atoms with E-state index in [0.29, 0.717) is 0 Å². The molecule has 27 heavy (non-hydrogen) atoms. The van der Waals surface area contributed by atoms with Crippen LogP contribution in [0.15, 0.2) is 90.7 Å². The van der Waals surface area contributed by atoms with Gasteiger partial charge in [0.15, 0.2) is 8.07 Å². The van der Waals surface area contributed by atoms with E-state index in [9.17, 15) is 0 Å². The van der Waals surface area contributed by atoms with Crippen LogP contribution in [0.3, 0.4) is 0 Å². The molecule has 2 aromatic carbocycles. The highest BCUT2D eigenvalue weighted by molar-refractivity contribution is 7.08. The predicted molar refractivity (Wildman–Crippen MR) is 122 cm³/mol. The summed E-state index contributed by atoms with van der Waals surface area (Å²) in [6.45, 7) is 2.23. The molecule has 0 atom stereocenters. The van der Waals surface area contributed by atoms with Crippen LogP contribution in [0.2, 0.25) is 6.04 Å². The van der Waals surface area contributed by atoms with Gasteiger partial charge < -0.3 is 0 Å². The first kappa shape index (κ1) is 20.8. The van der Waals surface area contributed by atoms with Gasteiger partial charge >= 0.3 is 0 Å². The molecular formula is C26H30Si. The summed E-state index contributed by atoms with van der Waals surface area (Å²) in [4.78, 5) is 0. The van der Waals surface area contributed by atoms with Crippen molar-refractivity contribution >= 4 is 18.4 Å². The van der Waals surface area contributed by atoms with E-state index in [4.69, 9.17) is 6.42 Å². The fraction of sp³-hybridized carbons (Fsp3) is 0.269. The van der Waals surface area contributed by atoms with Crippen LogP contribution in [-0.4, -0.2) is 8.07 Å². The lowest BCUT2D eigenvalue weighted by Gasteiger charge is -2.26. The molecule has 0 unspecified atom stereocenters. The molecule has 0 fully saturated rings. The Labute approximate surface area is 166 Å². The Balaban J connectivity index is 2.08. The zero-order valence-electron chi connectivity index (χ0n) is 16.4. The molecule has 0 amide bonds. The van der Waals surface area contributed by atoms with E-state index in [-0.39, 0.29) is 0 Å². The molecule has 0 spiro atoms. The molecule has 0 aliphatic carbocycles. The van der Waals surface area contributed by atoms with Crippen LogP contribution in [0.4, 0.5) is 0 Å². The smallest absolute Gasteiger partial charge is 0.126 e. The predicted octanol–water partition coefficient (Wildman–Crippen LogP) is 5.66. The molecule has 0 aliphatic rings. The number of terminal acetylenes is 1. The molecular weight excluding hydrogens is 340 g/mol. The molecule has 2 rings (SSSR count). The number of rotatable bonds is 10. The first-order valence-electron chi connectivity index (χ1n) is 9.98. The summed E-state index contributed by atoms with van der Waals surface area (Å²) in [5, 5.41) is 2.62. The molecule has 0 nitrogen and oxygen atoms in total. The number of hydrogen-bond donors (Lipinski definition) is 0. The normalized spacial score (nSPS) is 11.0. The lowest BCUT2D eigenvalue weighted by Crippen LogP contribution is -2.57. The summed E-state index contributed by atoms with van der Waals surface area (Å²) in [5.41, 5.74) is 6.54. The lowest BCUT2D eigenvalue weighted by atomic mass is 10.2. The molecule has 0 radical (unpaired) electrons. The molecule has 0 saturated heterocycles. The Hall–Kier alpha value is -2.52. The fourth-order valence-corrected chi connectivity index (χ4v) is 6.80. The van der Waals surface area contributed by atoms with Gasteiger partial charge in [0.1, 0.15) is 0 Å². The largest absolute Gasteiger partial charge is 0.199 e. The van der Waals surface area contributed by atoms with E-state index in [2.05, 4.69) is 97.1 Å². The van der Waals surface area contributed by atoms with Crippen molar-refractivity contribution in [2.75, 3.05) is 0 Å². The molecule has 0 heterocycles. The Bertz CT molecular complexity index is 748. The Morgan fingerprint density at radius 3 is 2.07 bits per heavy atom. The van der Waals surface area contributed by atoms with Gasteiger partial charge in [-0.25, -0.2) is 0 Å². The van der Waals surface area contributed by atoms with Crippen LogP contribution in [0.5, 0.6) is 0 Å². The second-order valence-corrected chi connectivity index (χ2v) is 10.5. The second-order valence-electron chi connectivity index (χ2n) is 6.78. The summed E-state index contributed by atoms with van der Waals surface area (Å²) in [5.74, 6) is 0. The Morgan fingerprint density at radius 1 is 0.889 bits per heavy atom. The number of hydrogen-bond acceptors (Lipinski definition) is 0. The highest BCUT2D eigenvalue weighted by Crippen LogP contribution is 2.13. The molecule has 138 valence electrons. The number of allylic oxidation sites excluding steroid dienone is 3. The van der Waals surface area contributed by atoms with Crippen LogP contribution >= 0.6 is 0 Å². The summed E-state index contributed by atoms with van der Waals surface area (Å²) in [6, 6.07) is 22.3. The van der Waals surface area contributed by atoms with Crippen molar-refractivity contribution < 1.29 is 0 Å². The second kappa shape index (κ2) is 12.0. The van der Waals surface area contributed by atoms with Crippen molar-refractivity contribution in [1.29, 1.82) is 0 Å². The van der Waals surface area contributed by atoms with E-state index in [1.165, 1.54) is 29.6 Å². The monoisotopic (exact) mass is 370 g/mol.